The molecule has 0 aliphatic carbocycles. The van der Waals surface area contributed by atoms with Crippen LogP contribution in [0.5, 0.6) is 5.75 Å². The van der Waals surface area contributed by atoms with Gasteiger partial charge in [0.15, 0.2) is 12.4 Å². The van der Waals surface area contributed by atoms with Crippen LogP contribution in [0.3, 0.4) is 0 Å². The first-order valence-corrected chi connectivity index (χ1v) is 12.7. The van der Waals surface area contributed by atoms with Gasteiger partial charge in [0.05, 0.1) is 18.8 Å². The van der Waals surface area contributed by atoms with Gasteiger partial charge >= 0.3 is 5.97 Å². The number of pyridine rings is 1. The Bertz CT molecular complexity index is 1430. The molecule has 0 unspecified atom stereocenters. The number of fused-ring (bicyclic) bond motifs is 1. The lowest BCUT2D eigenvalue weighted by atomic mass is 9.98. The Hall–Kier alpha value is -4.18. The van der Waals surface area contributed by atoms with Crippen LogP contribution in [0.25, 0.3) is 33.3 Å². The van der Waals surface area contributed by atoms with Crippen LogP contribution in [0.4, 0.5) is 0 Å². The molecule has 0 spiro atoms. The van der Waals surface area contributed by atoms with Crippen molar-refractivity contribution < 1.29 is 28.5 Å². The van der Waals surface area contributed by atoms with Gasteiger partial charge in [-0.25, -0.2) is 9.36 Å². The second-order valence-corrected chi connectivity index (χ2v) is 9.21. The van der Waals surface area contributed by atoms with E-state index in [9.17, 15) is 14.4 Å². The molecule has 1 saturated heterocycles. The number of rotatable bonds is 9. The molecule has 1 aliphatic heterocycles. The Labute approximate surface area is 217 Å². The third-order valence-corrected chi connectivity index (χ3v) is 6.79. The molecule has 2 amide bonds. The SMILES string of the molecule is COc1ccc(-c2ccc(-c3cc[n+](CCCCC(=O)ON4C(=O)CCC4=O)cc3)c3nsnc23)cc1. The fraction of sp³-hybridized carbons (Fsp3) is 0.259. The lowest BCUT2D eigenvalue weighted by molar-refractivity contribution is -0.697. The molecular weight excluding hydrogens is 492 g/mol. The van der Waals surface area contributed by atoms with Crippen molar-refractivity contribution in [3.8, 4) is 28.0 Å². The van der Waals surface area contributed by atoms with Crippen molar-refractivity contribution in [2.75, 3.05) is 7.11 Å². The molecule has 0 saturated carbocycles. The Morgan fingerprint density at radius 2 is 1.49 bits per heavy atom. The zero-order chi connectivity index (χ0) is 25.8. The van der Waals surface area contributed by atoms with E-state index in [1.807, 2.05) is 53.4 Å². The van der Waals surface area contributed by atoms with Crippen LogP contribution in [-0.2, 0) is 25.8 Å². The van der Waals surface area contributed by atoms with Gasteiger partial charge in [-0.05, 0) is 29.7 Å². The number of nitrogens with zero attached hydrogens (tertiary/aromatic N) is 4. The molecule has 4 aromatic rings. The summed E-state index contributed by atoms with van der Waals surface area (Å²) in [7, 11) is 1.65. The summed E-state index contributed by atoms with van der Waals surface area (Å²) in [5.41, 5.74) is 5.87. The van der Waals surface area contributed by atoms with Gasteiger partial charge in [0, 0.05) is 48.9 Å². The van der Waals surface area contributed by atoms with Crippen LogP contribution in [0, 0.1) is 0 Å². The van der Waals surface area contributed by atoms with Gasteiger partial charge in [-0.2, -0.15) is 8.75 Å². The van der Waals surface area contributed by atoms with E-state index in [2.05, 4.69) is 20.9 Å². The van der Waals surface area contributed by atoms with E-state index in [0.29, 0.717) is 11.5 Å². The van der Waals surface area contributed by atoms with E-state index in [0.717, 1.165) is 52.0 Å². The first kappa shape index (κ1) is 24.5. The maximum Gasteiger partial charge on any atom is 0.333 e. The minimum absolute atomic E-state index is 0.0933. The smallest absolute Gasteiger partial charge is 0.333 e. The Balaban J connectivity index is 1.20. The van der Waals surface area contributed by atoms with E-state index < -0.39 is 17.8 Å². The van der Waals surface area contributed by atoms with Crippen molar-refractivity contribution in [2.24, 2.45) is 0 Å². The molecule has 37 heavy (non-hydrogen) atoms. The molecule has 0 bridgehead atoms. The van der Waals surface area contributed by atoms with Crippen molar-refractivity contribution >= 4 is 40.5 Å². The Morgan fingerprint density at radius 1 is 0.892 bits per heavy atom. The van der Waals surface area contributed by atoms with E-state index in [4.69, 9.17) is 9.57 Å². The Morgan fingerprint density at radius 3 is 2.08 bits per heavy atom. The summed E-state index contributed by atoms with van der Waals surface area (Å²) in [5.74, 6) is -0.686. The fourth-order valence-corrected chi connectivity index (χ4v) is 4.83. The molecule has 188 valence electrons. The van der Waals surface area contributed by atoms with Gasteiger partial charge in [-0.1, -0.05) is 24.3 Å². The molecule has 5 rings (SSSR count). The third kappa shape index (κ3) is 5.34. The van der Waals surface area contributed by atoms with Crippen molar-refractivity contribution in [3.05, 3.63) is 60.9 Å². The highest BCUT2D eigenvalue weighted by Gasteiger charge is 2.32. The first-order valence-electron chi connectivity index (χ1n) is 12.0. The first-order chi connectivity index (χ1) is 18.0. The fourth-order valence-electron chi connectivity index (χ4n) is 4.26. The van der Waals surface area contributed by atoms with Crippen LogP contribution in [-0.4, -0.2) is 38.7 Å². The molecule has 2 aromatic heterocycles. The largest absolute Gasteiger partial charge is 0.497 e. The van der Waals surface area contributed by atoms with Crippen molar-refractivity contribution in [1.82, 2.24) is 13.8 Å². The average Bonchev–Trinajstić information content (AvgIpc) is 3.54. The molecule has 1 aliphatic rings. The molecule has 1 fully saturated rings. The van der Waals surface area contributed by atoms with Crippen LogP contribution in [0.1, 0.15) is 32.1 Å². The lowest BCUT2D eigenvalue weighted by Crippen LogP contribution is -2.33. The number of ether oxygens (including phenoxy) is 1. The maximum absolute atomic E-state index is 11.9. The molecule has 10 heteroatoms. The topological polar surface area (TPSA) is 103 Å². The minimum Gasteiger partial charge on any atom is -0.497 e. The number of benzene rings is 2. The van der Waals surface area contributed by atoms with E-state index in [1.165, 1.54) is 11.7 Å². The summed E-state index contributed by atoms with van der Waals surface area (Å²) in [6.45, 7) is 0.721. The van der Waals surface area contributed by atoms with Crippen molar-refractivity contribution in [1.29, 1.82) is 0 Å². The summed E-state index contributed by atoms with van der Waals surface area (Å²) in [6.07, 6.45) is 5.66. The number of carbonyl (C=O) groups excluding carboxylic acids is 3. The van der Waals surface area contributed by atoms with Gasteiger partial charge in [-0.15, -0.1) is 5.06 Å². The van der Waals surface area contributed by atoms with Crippen molar-refractivity contribution in [3.63, 3.8) is 0 Å². The summed E-state index contributed by atoms with van der Waals surface area (Å²) in [5, 5.41) is 0.591. The summed E-state index contributed by atoms with van der Waals surface area (Å²) >= 11 is 1.20. The van der Waals surface area contributed by atoms with Crippen LogP contribution < -0.4 is 9.30 Å². The molecule has 0 radical (unpaired) electrons. The normalized spacial score (nSPS) is 13.4. The van der Waals surface area contributed by atoms with E-state index in [-0.39, 0.29) is 19.3 Å². The third-order valence-electron chi connectivity index (χ3n) is 6.26. The molecule has 2 aromatic carbocycles. The second-order valence-electron chi connectivity index (χ2n) is 8.68. The quantitative estimate of drug-likeness (QED) is 0.187. The zero-order valence-electron chi connectivity index (χ0n) is 20.3. The maximum atomic E-state index is 11.9. The predicted molar refractivity (Wildman–Crippen MR) is 136 cm³/mol. The van der Waals surface area contributed by atoms with Gasteiger partial charge in [-0.3, -0.25) is 9.59 Å². The highest BCUT2D eigenvalue weighted by atomic mass is 32.1. The number of aromatic nitrogens is 3. The average molecular weight is 518 g/mol. The summed E-state index contributed by atoms with van der Waals surface area (Å²) in [4.78, 5) is 39.9. The number of hydroxylamine groups is 2. The van der Waals surface area contributed by atoms with Crippen LogP contribution in [0.2, 0.25) is 0 Å². The number of hydrogen-bond donors (Lipinski definition) is 0. The highest BCUT2D eigenvalue weighted by molar-refractivity contribution is 7.00. The van der Waals surface area contributed by atoms with Gasteiger partial charge < -0.3 is 9.57 Å². The number of imide groups is 1. The molecule has 0 N–H and O–H groups in total. The van der Waals surface area contributed by atoms with Gasteiger partial charge in [0.1, 0.15) is 23.3 Å². The van der Waals surface area contributed by atoms with E-state index in [1.54, 1.807) is 7.11 Å². The minimum atomic E-state index is -0.567. The second kappa shape index (κ2) is 10.8. The predicted octanol–water partition coefficient (Wildman–Crippen LogP) is 4.10. The molecule has 0 atom stereocenters. The van der Waals surface area contributed by atoms with Gasteiger partial charge in [0.25, 0.3) is 11.8 Å². The number of methoxy groups -OCH3 is 1. The van der Waals surface area contributed by atoms with Gasteiger partial charge in [0.2, 0.25) is 0 Å². The number of carbonyl (C=O) groups is 3. The molecule has 3 heterocycles. The standard InChI is InChI=1S/C27H25N4O5S/c1-35-20-7-5-18(6-8-20)21-9-10-22(27-26(21)28-37-29-27)19-13-16-30(17-14-19)15-3-2-4-25(34)36-31-23(32)11-12-24(31)33/h5-10,13-14,16-17H,2-4,11-12,15H2,1H3/q+1. The highest BCUT2D eigenvalue weighted by Crippen LogP contribution is 2.34. The number of unbranched alkanes of at least 4 members (excludes halogenated alkanes) is 1. The molecule has 9 nitrogen and oxygen atoms in total. The lowest BCUT2D eigenvalue weighted by Gasteiger charge is -2.12. The monoisotopic (exact) mass is 517 g/mol. The summed E-state index contributed by atoms with van der Waals surface area (Å²) < 4.78 is 16.4. The van der Waals surface area contributed by atoms with E-state index >= 15 is 0 Å². The van der Waals surface area contributed by atoms with Crippen molar-refractivity contribution in [2.45, 2.75) is 38.6 Å². The number of hydrogen-bond acceptors (Lipinski definition) is 8. The number of amides is 2. The van der Waals surface area contributed by atoms with Crippen LogP contribution >= 0.6 is 11.7 Å². The molecular formula is C27H25N4O5S+. The van der Waals surface area contributed by atoms with Crippen LogP contribution in [0.15, 0.2) is 60.9 Å². The summed E-state index contributed by atoms with van der Waals surface area (Å²) in [6, 6.07) is 16.1. The Kier molecular flexibility index (Phi) is 7.18. The number of aryl methyl sites for hydroxylation is 1. The zero-order valence-corrected chi connectivity index (χ0v) is 21.1.